The van der Waals surface area contributed by atoms with Crippen LogP contribution in [0.15, 0.2) is 23.1 Å². The van der Waals surface area contributed by atoms with Gasteiger partial charge in [-0.05, 0) is 49.8 Å². The number of sulfonamides is 1. The van der Waals surface area contributed by atoms with E-state index in [1.54, 1.807) is 12.1 Å². The molecule has 146 valence electrons. The molecule has 1 aromatic rings. The molecule has 6 nitrogen and oxygen atoms in total. The molecule has 0 radical (unpaired) electrons. The highest BCUT2D eigenvalue weighted by Gasteiger charge is 2.34. The number of hydrogen-bond donors (Lipinski definition) is 1. The van der Waals surface area contributed by atoms with Crippen molar-refractivity contribution in [3.8, 4) is 5.75 Å². The van der Waals surface area contributed by atoms with Gasteiger partial charge in [-0.3, -0.25) is 4.79 Å². The van der Waals surface area contributed by atoms with Crippen LogP contribution in [-0.4, -0.2) is 44.9 Å². The standard InChI is InChI=1S/C19H30N2O4S/c1-6-15(4)20-19(22)16-7-8-17(25-5)18(10-16)26(23,24)21-11-13(2)9-14(3)12-21/h7-8,10,13-15H,6,9,11-12H2,1-5H3,(H,20,22)/t13-,14-,15+/m1/s1. The number of nitrogens with zero attached hydrogens (tertiary/aromatic N) is 1. The second kappa shape index (κ2) is 8.39. The lowest BCUT2D eigenvalue weighted by atomic mass is 9.94. The molecule has 1 saturated heterocycles. The summed E-state index contributed by atoms with van der Waals surface area (Å²) >= 11 is 0. The largest absolute Gasteiger partial charge is 0.495 e. The van der Waals surface area contributed by atoms with Crippen molar-refractivity contribution >= 4 is 15.9 Å². The maximum Gasteiger partial charge on any atom is 0.251 e. The van der Waals surface area contributed by atoms with Crippen molar-refractivity contribution in [2.75, 3.05) is 20.2 Å². The summed E-state index contributed by atoms with van der Waals surface area (Å²) in [4.78, 5) is 12.5. The number of benzene rings is 1. The minimum Gasteiger partial charge on any atom is -0.495 e. The molecule has 7 heteroatoms. The topological polar surface area (TPSA) is 75.7 Å². The summed E-state index contributed by atoms with van der Waals surface area (Å²) in [6.45, 7) is 8.98. The molecule has 0 aromatic heterocycles. The van der Waals surface area contributed by atoms with Gasteiger partial charge in [0.1, 0.15) is 10.6 Å². The average Bonchev–Trinajstić information content (AvgIpc) is 2.60. The van der Waals surface area contributed by atoms with Crippen molar-refractivity contribution in [1.82, 2.24) is 9.62 Å². The Morgan fingerprint density at radius 3 is 2.46 bits per heavy atom. The lowest BCUT2D eigenvalue weighted by Gasteiger charge is -2.34. The first-order valence-electron chi connectivity index (χ1n) is 9.18. The van der Waals surface area contributed by atoms with Crippen LogP contribution >= 0.6 is 0 Å². The van der Waals surface area contributed by atoms with Gasteiger partial charge in [-0.2, -0.15) is 4.31 Å². The number of amides is 1. The molecule has 2 rings (SSSR count). The van der Waals surface area contributed by atoms with Crippen LogP contribution in [0.4, 0.5) is 0 Å². The number of carbonyl (C=O) groups is 1. The molecule has 1 heterocycles. The maximum absolute atomic E-state index is 13.2. The Morgan fingerprint density at radius 1 is 1.31 bits per heavy atom. The Balaban J connectivity index is 2.39. The summed E-state index contributed by atoms with van der Waals surface area (Å²) in [5, 5.41) is 2.87. The van der Waals surface area contributed by atoms with Gasteiger partial charge >= 0.3 is 0 Å². The average molecular weight is 383 g/mol. The third-order valence-electron chi connectivity index (χ3n) is 4.87. The molecule has 1 aliphatic heterocycles. The number of methoxy groups -OCH3 is 1. The first-order valence-corrected chi connectivity index (χ1v) is 10.6. The third-order valence-corrected chi connectivity index (χ3v) is 6.72. The van der Waals surface area contributed by atoms with Gasteiger partial charge in [-0.15, -0.1) is 0 Å². The number of nitrogens with one attached hydrogen (secondary N) is 1. The van der Waals surface area contributed by atoms with Gasteiger partial charge in [-0.1, -0.05) is 20.8 Å². The fourth-order valence-corrected chi connectivity index (χ4v) is 5.23. The first kappa shape index (κ1) is 20.7. The molecule has 3 atom stereocenters. The van der Waals surface area contributed by atoms with Gasteiger partial charge in [0.05, 0.1) is 7.11 Å². The predicted molar refractivity (Wildman–Crippen MR) is 102 cm³/mol. The van der Waals surface area contributed by atoms with Crippen molar-refractivity contribution in [1.29, 1.82) is 0 Å². The zero-order valence-electron chi connectivity index (χ0n) is 16.3. The predicted octanol–water partition coefficient (Wildman–Crippen LogP) is 2.89. The number of hydrogen-bond acceptors (Lipinski definition) is 4. The van der Waals surface area contributed by atoms with E-state index in [1.807, 2.05) is 13.8 Å². The van der Waals surface area contributed by atoms with E-state index in [-0.39, 0.29) is 22.6 Å². The number of rotatable bonds is 6. The van der Waals surface area contributed by atoms with Gasteiger partial charge < -0.3 is 10.1 Å². The quantitative estimate of drug-likeness (QED) is 0.821. The molecule has 0 aliphatic carbocycles. The molecular weight excluding hydrogens is 352 g/mol. The van der Waals surface area contributed by atoms with E-state index >= 15 is 0 Å². The van der Waals surface area contributed by atoms with Crippen molar-refractivity contribution in [2.24, 2.45) is 11.8 Å². The number of ether oxygens (including phenoxy) is 1. The van der Waals surface area contributed by atoms with Crippen LogP contribution in [0.25, 0.3) is 0 Å². The Kier molecular flexibility index (Phi) is 6.69. The highest BCUT2D eigenvalue weighted by molar-refractivity contribution is 7.89. The molecule has 0 saturated carbocycles. The monoisotopic (exact) mass is 382 g/mol. The summed E-state index contributed by atoms with van der Waals surface area (Å²) in [7, 11) is -2.29. The third kappa shape index (κ3) is 4.57. The summed E-state index contributed by atoms with van der Waals surface area (Å²) in [6, 6.07) is 4.59. The second-order valence-electron chi connectivity index (χ2n) is 7.42. The molecule has 1 amide bonds. The van der Waals surface area contributed by atoms with E-state index in [1.165, 1.54) is 17.5 Å². The smallest absolute Gasteiger partial charge is 0.251 e. The molecule has 1 aromatic carbocycles. The zero-order chi connectivity index (χ0) is 19.5. The van der Waals surface area contributed by atoms with Crippen LogP contribution in [-0.2, 0) is 10.0 Å². The van der Waals surface area contributed by atoms with Crippen LogP contribution in [0.1, 0.15) is 50.9 Å². The van der Waals surface area contributed by atoms with E-state index in [2.05, 4.69) is 19.2 Å². The van der Waals surface area contributed by atoms with E-state index < -0.39 is 10.0 Å². The van der Waals surface area contributed by atoms with Crippen LogP contribution in [0.3, 0.4) is 0 Å². The summed E-state index contributed by atoms with van der Waals surface area (Å²) < 4.78 is 33.2. The number of carbonyl (C=O) groups excluding carboxylic acids is 1. The maximum atomic E-state index is 13.2. The fourth-order valence-electron chi connectivity index (χ4n) is 3.37. The highest BCUT2D eigenvalue weighted by atomic mass is 32.2. The minimum absolute atomic E-state index is 0.0217. The Bertz CT molecular complexity index is 738. The van der Waals surface area contributed by atoms with Crippen molar-refractivity contribution in [3.05, 3.63) is 23.8 Å². The Hall–Kier alpha value is -1.60. The SMILES string of the molecule is CC[C@H](C)NC(=O)c1ccc(OC)c(S(=O)(=O)N2C[C@H](C)C[C@@H](C)C2)c1. The second-order valence-corrected chi connectivity index (χ2v) is 9.32. The Labute approximate surface area is 157 Å². The zero-order valence-corrected chi connectivity index (χ0v) is 17.1. The Morgan fingerprint density at radius 2 is 1.92 bits per heavy atom. The normalized spacial score (nSPS) is 22.7. The highest BCUT2D eigenvalue weighted by Crippen LogP contribution is 2.32. The van der Waals surface area contributed by atoms with Gasteiger partial charge in [-0.25, -0.2) is 8.42 Å². The lowest BCUT2D eigenvalue weighted by Crippen LogP contribution is -2.42. The minimum atomic E-state index is -3.73. The van der Waals surface area contributed by atoms with E-state index in [4.69, 9.17) is 4.74 Å². The van der Waals surface area contributed by atoms with Gasteiger partial charge in [0.25, 0.3) is 5.91 Å². The molecule has 0 bridgehead atoms. The molecule has 1 fully saturated rings. The van der Waals surface area contributed by atoms with Crippen LogP contribution < -0.4 is 10.1 Å². The summed E-state index contributed by atoms with van der Waals surface area (Å²) in [5.41, 5.74) is 0.322. The molecule has 0 spiro atoms. The van der Waals surface area contributed by atoms with Gasteiger partial charge in [0.2, 0.25) is 10.0 Å². The molecule has 1 N–H and O–H groups in total. The molecular formula is C19H30N2O4S. The molecule has 0 unspecified atom stereocenters. The fraction of sp³-hybridized carbons (Fsp3) is 0.632. The van der Waals surface area contributed by atoms with Gasteiger partial charge in [0.15, 0.2) is 0 Å². The van der Waals surface area contributed by atoms with Crippen molar-refractivity contribution in [2.45, 2.75) is 51.5 Å². The lowest BCUT2D eigenvalue weighted by molar-refractivity contribution is 0.0939. The summed E-state index contributed by atoms with van der Waals surface area (Å²) in [5.74, 6) is 0.586. The van der Waals surface area contributed by atoms with Crippen LogP contribution in [0.2, 0.25) is 0 Å². The van der Waals surface area contributed by atoms with Crippen LogP contribution in [0.5, 0.6) is 5.75 Å². The van der Waals surface area contributed by atoms with Crippen molar-refractivity contribution < 1.29 is 17.9 Å². The van der Waals surface area contributed by atoms with E-state index in [9.17, 15) is 13.2 Å². The molecule has 1 aliphatic rings. The van der Waals surface area contributed by atoms with E-state index in [0.717, 1.165) is 12.8 Å². The molecule has 26 heavy (non-hydrogen) atoms. The first-order chi connectivity index (χ1) is 12.2. The van der Waals surface area contributed by atoms with Crippen LogP contribution in [0, 0.1) is 11.8 Å². The summed E-state index contributed by atoms with van der Waals surface area (Å²) in [6.07, 6.45) is 1.82. The number of piperidine rings is 1. The van der Waals surface area contributed by atoms with Crippen molar-refractivity contribution in [3.63, 3.8) is 0 Å². The van der Waals surface area contributed by atoms with Gasteiger partial charge in [0, 0.05) is 24.7 Å². The van der Waals surface area contributed by atoms with E-state index in [0.29, 0.717) is 30.5 Å².